The summed E-state index contributed by atoms with van der Waals surface area (Å²) in [5, 5.41) is 3.44. The topological polar surface area (TPSA) is 69.7 Å². The van der Waals surface area contributed by atoms with Gasteiger partial charge in [-0.1, -0.05) is 17.7 Å². The molecule has 3 aliphatic heterocycles. The summed E-state index contributed by atoms with van der Waals surface area (Å²) in [5.41, 5.74) is 1.37. The number of benzene rings is 1. The Kier molecular flexibility index (Phi) is 5.03. The monoisotopic (exact) mass is 391 g/mol. The largest absolute Gasteiger partial charge is 0.341 e. The Morgan fingerprint density at radius 2 is 1.81 bits per heavy atom. The number of aryl methyl sites for hydroxylation is 1. The molecule has 1 atom stereocenters. The summed E-state index contributed by atoms with van der Waals surface area (Å²) in [6.45, 7) is 5.96. The predicted molar refractivity (Wildman–Crippen MR) is 104 cm³/mol. The lowest BCUT2D eigenvalue weighted by Crippen LogP contribution is -2.51. The molecule has 0 saturated carbocycles. The fraction of sp³-hybridized carbons (Fsp3) is 0.650. The van der Waals surface area contributed by atoms with Crippen molar-refractivity contribution in [2.45, 2.75) is 50.0 Å². The molecule has 1 N–H and O–H groups in total. The second-order valence-corrected chi connectivity index (χ2v) is 10.2. The first kappa shape index (κ1) is 18.9. The van der Waals surface area contributed by atoms with Crippen LogP contribution in [0.4, 0.5) is 0 Å². The maximum absolute atomic E-state index is 13.2. The Morgan fingerprint density at radius 1 is 1.11 bits per heavy atom. The van der Waals surface area contributed by atoms with Crippen molar-refractivity contribution in [3.05, 3.63) is 29.8 Å². The quantitative estimate of drug-likeness (QED) is 0.852. The summed E-state index contributed by atoms with van der Waals surface area (Å²) < 4.78 is 27.6. The molecule has 6 nitrogen and oxygen atoms in total. The number of rotatable bonds is 3. The van der Waals surface area contributed by atoms with E-state index in [0.717, 1.165) is 51.0 Å². The third-order valence-electron chi connectivity index (χ3n) is 6.58. The van der Waals surface area contributed by atoms with Crippen molar-refractivity contribution in [3.63, 3.8) is 0 Å². The molecule has 3 fully saturated rings. The highest BCUT2D eigenvalue weighted by molar-refractivity contribution is 7.89. The molecule has 0 aromatic heterocycles. The number of sulfonamides is 1. The maximum Gasteiger partial charge on any atom is 0.243 e. The van der Waals surface area contributed by atoms with Gasteiger partial charge < -0.3 is 10.2 Å². The average molecular weight is 392 g/mol. The standard InChI is InChI=1S/C20H29N3O3S/c1-16-4-6-17(7-5-16)27(25,26)23-12-2-3-18(23)19(24)22-13-9-20(10-14-22)8-11-21-15-20/h4-7,18,21H,2-3,8-15H2,1H3. The molecule has 3 heterocycles. The average Bonchev–Trinajstić information content (AvgIpc) is 3.32. The van der Waals surface area contributed by atoms with E-state index in [1.807, 2.05) is 11.8 Å². The minimum Gasteiger partial charge on any atom is -0.341 e. The SMILES string of the molecule is Cc1ccc(S(=O)(=O)N2CCCC2C(=O)N2CCC3(CCNC3)CC2)cc1. The molecule has 1 amide bonds. The van der Waals surface area contributed by atoms with Crippen molar-refractivity contribution >= 4 is 15.9 Å². The molecule has 7 heteroatoms. The third kappa shape index (κ3) is 3.52. The molecule has 0 radical (unpaired) electrons. The maximum atomic E-state index is 13.2. The molecule has 0 bridgehead atoms. The first-order chi connectivity index (χ1) is 12.9. The predicted octanol–water partition coefficient (Wildman–Crippen LogP) is 1.75. The summed E-state index contributed by atoms with van der Waals surface area (Å²) >= 11 is 0. The molecule has 1 unspecified atom stereocenters. The highest BCUT2D eigenvalue weighted by atomic mass is 32.2. The number of hydrogen-bond donors (Lipinski definition) is 1. The van der Waals surface area contributed by atoms with Crippen LogP contribution >= 0.6 is 0 Å². The second kappa shape index (κ2) is 7.18. The lowest BCUT2D eigenvalue weighted by Gasteiger charge is -2.40. The Hall–Kier alpha value is -1.44. The summed E-state index contributed by atoms with van der Waals surface area (Å²) in [5.74, 6) is -0.0102. The highest BCUT2D eigenvalue weighted by Crippen LogP contribution is 2.37. The van der Waals surface area contributed by atoms with Crippen LogP contribution in [0.25, 0.3) is 0 Å². The zero-order valence-corrected chi connectivity index (χ0v) is 16.8. The van der Waals surface area contributed by atoms with E-state index >= 15 is 0 Å². The van der Waals surface area contributed by atoms with E-state index in [2.05, 4.69) is 5.32 Å². The van der Waals surface area contributed by atoms with Crippen molar-refractivity contribution in [1.82, 2.24) is 14.5 Å². The third-order valence-corrected chi connectivity index (χ3v) is 8.51. The van der Waals surface area contributed by atoms with Crippen LogP contribution < -0.4 is 5.32 Å². The zero-order valence-electron chi connectivity index (χ0n) is 16.0. The van der Waals surface area contributed by atoms with Crippen molar-refractivity contribution < 1.29 is 13.2 Å². The highest BCUT2D eigenvalue weighted by Gasteiger charge is 2.44. The summed E-state index contributed by atoms with van der Waals surface area (Å²) in [4.78, 5) is 15.3. The van der Waals surface area contributed by atoms with Crippen LogP contribution in [0.3, 0.4) is 0 Å². The van der Waals surface area contributed by atoms with Gasteiger partial charge in [-0.05, 0) is 63.1 Å². The van der Waals surface area contributed by atoms with Crippen molar-refractivity contribution in [3.8, 4) is 0 Å². The van der Waals surface area contributed by atoms with E-state index in [0.29, 0.717) is 18.4 Å². The van der Waals surface area contributed by atoms with E-state index in [1.54, 1.807) is 24.3 Å². The molecular formula is C20H29N3O3S. The molecule has 0 aliphatic carbocycles. The number of nitrogens with zero attached hydrogens (tertiary/aromatic N) is 2. The number of hydrogen-bond acceptors (Lipinski definition) is 4. The minimum atomic E-state index is -3.63. The van der Waals surface area contributed by atoms with Gasteiger partial charge in [0.25, 0.3) is 0 Å². The lowest BCUT2D eigenvalue weighted by molar-refractivity contribution is -0.136. The van der Waals surface area contributed by atoms with Crippen LogP contribution in [-0.4, -0.2) is 62.3 Å². The Morgan fingerprint density at radius 3 is 2.44 bits per heavy atom. The Balaban J connectivity index is 1.48. The van der Waals surface area contributed by atoms with Gasteiger partial charge in [0.05, 0.1) is 4.90 Å². The van der Waals surface area contributed by atoms with Crippen LogP contribution in [-0.2, 0) is 14.8 Å². The number of likely N-dealkylation sites (tertiary alicyclic amines) is 1. The second-order valence-electron chi connectivity index (χ2n) is 8.34. The van der Waals surface area contributed by atoms with Crippen LogP contribution in [0, 0.1) is 12.3 Å². The molecule has 3 aliphatic rings. The molecule has 3 saturated heterocycles. The van der Waals surface area contributed by atoms with E-state index < -0.39 is 16.1 Å². The van der Waals surface area contributed by atoms with Gasteiger partial charge in [-0.2, -0.15) is 4.31 Å². The van der Waals surface area contributed by atoms with E-state index in [-0.39, 0.29) is 10.8 Å². The van der Waals surface area contributed by atoms with Gasteiger partial charge in [0.1, 0.15) is 6.04 Å². The number of nitrogens with one attached hydrogen (secondary N) is 1. The van der Waals surface area contributed by atoms with Gasteiger partial charge in [0.2, 0.25) is 15.9 Å². The fourth-order valence-corrected chi connectivity index (χ4v) is 6.41. The van der Waals surface area contributed by atoms with Gasteiger partial charge in [0.15, 0.2) is 0 Å². The van der Waals surface area contributed by atoms with Crippen LogP contribution in [0.5, 0.6) is 0 Å². The first-order valence-electron chi connectivity index (χ1n) is 9.99. The minimum absolute atomic E-state index is 0.0102. The van der Waals surface area contributed by atoms with Gasteiger partial charge in [-0.3, -0.25) is 4.79 Å². The first-order valence-corrected chi connectivity index (χ1v) is 11.4. The van der Waals surface area contributed by atoms with E-state index in [4.69, 9.17) is 0 Å². The van der Waals surface area contributed by atoms with Gasteiger partial charge in [-0.15, -0.1) is 0 Å². The van der Waals surface area contributed by atoms with Gasteiger partial charge in [-0.25, -0.2) is 8.42 Å². The van der Waals surface area contributed by atoms with Crippen LogP contribution in [0.2, 0.25) is 0 Å². The molecule has 1 spiro atoms. The smallest absolute Gasteiger partial charge is 0.243 e. The Bertz CT molecular complexity index is 790. The molecule has 1 aromatic carbocycles. The summed E-state index contributed by atoms with van der Waals surface area (Å²) in [6.07, 6.45) is 4.58. The Labute approximate surface area is 162 Å². The fourth-order valence-electron chi connectivity index (χ4n) is 4.75. The van der Waals surface area contributed by atoms with Crippen LogP contribution in [0.15, 0.2) is 29.2 Å². The molecule has 4 rings (SSSR count). The van der Waals surface area contributed by atoms with Crippen molar-refractivity contribution in [2.75, 3.05) is 32.7 Å². The number of carbonyl (C=O) groups excluding carboxylic acids is 1. The van der Waals surface area contributed by atoms with Gasteiger partial charge >= 0.3 is 0 Å². The van der Waals surface area contributed by atoms with Crippen molar-refractivity contribution in [1.29, 1.82) is 0 Å². The lowest BCUT2D eigenvalue weighted by atomic mass is 9.78. The number of amides is 1. The molecule has 1 aromatic rings. The van der Waals surface area contributed by atoms with Gasteiger partial charge in [0, 0.05) is 26.2 Å². The van der Waals surface area contributed by atoms with E-state index in [1.165, 1.54) is 10.7 Å². The van der Waals surface area contributed by atoms with Crippen molar-refractivity contribution in [2.24, 2.45) is 5.41 Å². The summed E-state index contributed by atoms with van der Waals surface area (Å²) in [7, 11) is -3.63. The normalized spacial score (nSPS) is 26.0. The summed E-state index contributed by atoms with van der Waals surface area (Å²) in [6, 6.07) is 6.34. The molecule has 148 valence electrons. The zero-order chi connectivity index (χ0) is 19.1. The number of piperidine rings is 1. The number of carbonyl (C=O) groups is 1. The molecular weight excluding hydrogens is 362 g/mol. The molecule has 27 heavy (non-hydrogen) atoms. The van der Waals surface area contributed by atoms with Crippen LogP contribution in [0.1, 0.15) is 37.7 Å². The van der Waals surface area contributed by atoms with E-state index in [9.17, 15) is 13.2 Å².